The SMILES string of the molecule is N#Cc1ccc(-c2ccc(-c3nc(-c4ccc5c(c4)C(c4ccccc4)(c4ccccc4)c4ccccc4O5)nc(-c4ccccc4-c4ccccc4)n3)cc2)cc1. The maximum atomic E-state index is 9.31. The second kappa shape index (κ2) is 14.6. The van der Waals surface area contributed by atoms with E-state index in [-0.39, 0.29) is 0 Å². The third-order valence-corrected chi connectivity index (χ3v) is 10.9. The molecule has 10 rings (SSSR count). The molecule has 0 radical (unpaired) electrons. The van der Waals surface area contributed by atoms with Crippen LogP contribution in [0.15, 0.2) is 206 Å². The van der Waals surface area contributed by atoms with E-state index in [2.05, 4.69) is 127 Å². The monoisotopic (exact) mass is 742 g/mol. The van der Waals surface area contributed by atoms with E-state index in [1.807, 2.05) is 84.9 Å². The molecule has 58 heavy (non-hydrogen) atoms. The van der Waals surface area contributed by atoms with Crippen LogP contribution in [0.5, 0.6) is 11.5 Å². The molecule has 5 nitrogen and oxygen atoms in total. The maximum Gasteiger partial charge on any atom is 0.164 e. The van der Waals surface area contributed by atoms with Gasteiger partial charge in [0.15, 0.2) is 17.5 Å². The number of hydrogen-bond acceptors (Lipinski definition) is 5. The Hall–Kier alpha value is -7.94. The van der Waals surface area contributed by atoms with Crippen molar-refractivity contribution in [2.75, 3.05) is 0 Å². The van der Waals surface area contributed by atoms with Crippen molar-refractivity contribution >= 4 is 0 Å². The highest BCUT2D eigenvalue weighted by Gasteiger charge is 2.45. The number of nitrogens with zero attached hydrogens (tertiary/aromatic N) is 4. The molecule has 0 saturated heterocycles. The van der Waals surface area contributed by atoms with Crippen LogP contribution in [-0.4, -0.2) is 15.0 Å². The van der Waals surface area contributed by atoms with Gasteiger partial charge in [0, 0.05) is 27.8 Å². The number of benzene rings is 8. The third kappa shape index (κ3) is 6.01. The topological polar surface area (TPSA) is 71.7 Å². The molecule has 0 amide bonds. The summed E-state index contributed by atoms with van der Waals surface area (Å²) >= 11 is 0. The van der Waals surface area contributed by atoms with Gasteiger partial charge in [0.25, 0.3) is 0 Å². The fourth-order valence-electron chi connectivity index (χ4n) is 8.20. The van der Waals surface area contributed by atoms with E-state index in [4.69, 9.17) is 19.7 Å². The molecule has 8 aromatic carbocycles. The smallest absolute Gasteiger partial charge is 0.164 e. The summed E-state index contributed by atoms with van der Waals surface area (Å²) in [6.45, 7) is 0. The van der Waals surface area contributed by atoms with Gasteiger partial charge in [-0.15, -0.1) is 0 Å². The first-order valence-electron chi connectivity index (χ1n) is 19.2. The highest BCUT2D eigenvalue weighted by Crippen LogP contribution is 2.55. The normalized spacial score (nSPS) is 12.4. The van der Waals surface area contributed by atoms with Crippen LogP contribution < -0.4 is 4.74 Å². The minimum Gasteiger partial charge on any atom is -0.457 e. The summed E-state index contributed by atoms with van der Waals surface area (Å²) in [5, 5.41) is 9.31. The molecule has 0 unspecified atom stereocenters. The summed E-state index contributed by atoms with van der Waals surface area (Å²) in [7, 11) is 0. The van der Waals surface area contributed by atoms with Crippen molar-refractivity contribution < 1.29 is 4.74 Å². The van der Waals surface area contributed by atoms with E-state index in [1.54, 1.807) is 0 Å². The third-order valence-electron chi connectivity index (χ3n) is 10.9. The van der Waals surface area contributed by atoms with Gasteiger partial charge in [0.2, 0.25) is 0 Å². The van der Waals surface area contributed by atoms with Crippen LogP contribution in [0.4, 0.5) is 0 Å². The average Bonchev–Trinajstić information content (AvgIpc) is 3.31. The zero-order chi connectivity index (χ0) is 38.9. The summed E-state index contributed by atoms with van der Waals surface area (Å²) in [5.74, 6) is 3.29. The molecule has 2 heterocycles. The van der Waals surface area contributed by atoms with Crippen molar-refractivity contribution in [2.45, 2.75) is 5.41 Å². The van der Waals surface area contributed by atoms with Crippen molar-refractivity contribution in [1.29, 1.82) is 5.26 Å². The Kier molecular flexibility index (Phi) is 8.70. The summed E-state index contributed by atoms with van der Waals surface area (Å²) < 4.78 is 6.71. The molecule has 0 saturated carbocycles. The molecule has 0 aliphatic carbocycles. The molecule has 272 valence electrons. The Balaban J connectivity index is 1.19. The van der Waals surface area contributed by atoms with Gasteiger partial charge in [0.1, 0.15) is 11.5 Å². The highest BCUT2D eigenvalue weighted by molar-refractivity contribution is 5.82. The Labute approximate surface area is 337 Å². The fourth-order valence-corrected chi connectivity index (χ4v) is 8.20. The maximum absolute atomic E-state index is 9.31. The lowest BCUT2D eigenvalue weighted by molar-refractivity contribution is 0.434. The van der Waals surface area contributed by atoms with Gasteiger partial charge in [-0.3, -0.25) is 0 Å². The second-order valence-electron chi connectivity index (χ2n) is 14.3. The van der Waals surface area contributed by atoms with E-state index in [9.17, 15) is 5.26 Å². The zero-order valence-corrected chi connectivity index (χ0v) is 31.3. The Morgan fingerprint density at radius 1 is 0.379 bits per heavy atom. The van der Waals surface area contributed by atoms with Crippen LogP contribution in [0, 0.1) is 11.3 Å². The van der Waals surface area contributed by atoms with Gasteiger partial charge in [-0.1, -0.05) is 170 Å². The molecule has 9 aromatic rings. The first-order chi connectivity index (χ1) is 28.7. The van der Waals surface area contributed by atoms with Crippen molar-refractivity contribution in [3.63, 3.8) is 0 Å². The largest absolute Gasteiger partial charge is 0.457 e. The molecular weight excluding hydrogens is 709 g/mol. The van der Waals surface area contributed by atoms with Crippen molar-refractivity contribution in [3.8, 4) is 74.0 Å². The molecule has 1 aromatic heterocycles. The van der Waals surface area contributed by atoms with Crippen LogP contribution in [-0.2, 0) is 5.41 Å². The van der Waals surface area contributed by atoms with Crippen molar-refractivity contribution in [2.24, 2.45) is 0 Å². The second-order valence-corrected chi connectivity index (χ2v) is 14.3. The summed E-state index contributed by atoms with van der Waals surface area (Å²) in [5.41, 5.74) is 11.0. The molecule has 0 atom stereocenters. The number of fused-ring (bicyclic) bond motifs is 2. The quantitative estimate of drug-likeness (QED) is 0.163. The number of nitriles is 1. The van der Waals surface area contributed by atoms with Gasteiger partial charge in [-0.2, -0.15) is 5.26 Å². The molecule has 1 aliphatic heterocycles. The van der Waals surface area contributed by atoms with Crippen LogP contribution in [0.2, 0.25) is 0 Å². The van der Waals surface area contributed by atoms with Gasteiger partial charge in [0.05, 0.1) is 17.0 Å². The Bertz CT molecular complexity index is 2920. The predicted octanol–water partition coefficient (Wildman–Crippen LogP) is 12.6. The number of aromatic nitrogens is 3. The Morgan fingerprint density at radius 2 is 0.862 bits per heavy atom. The van der Waals surface area contributed by atoms with Crippen molar-refractivity contribution in [3.05, 3.63) is 234 Å². The summed E-state index contributed by atoms with van der Waals surface area (Å²) in [4.78, 5) is 15.6. The fraction of sp³-hybridized carbons (Fsp3) is 0.0189. The number of para-hydroxylation sites is 1. The van der Waals surface area contributed by atoms with E-state index >= 15 is 0 Å². The first-order valence-corrected chi connectivity index (χ1v) is 19.2. The number of rotatable bonds is 7. The van der Waals surface area contributed by atoms with Gasteiger partial charge >= 0.3 is 0 Å². The van der Waals surface area contributed by atoms with E-state index in [0.717, 1.165) is 72.7 Å². The van der Waals surface area contributed by atoms with Crippen LogP contribution in [0.1, 0.15) is 27.8 Å². The van der Waals surface area contributed by atoms with Gasteiger partial charge in [-0.05, 0) is 69.8 Å². The molecule has 0 N–H and O–H groups in total. The minimum atomic E-state index is -0.692. The van der Waals surface area contributed by atoms with E-state index < -0.39 is 5.41 Å². The van der Waals surface area contributed by atoms with Gasteiger partial charge in [-0.25, -0.2) is 15.0 Å². The molecular formula is C53H34N4O. The lowest BCUT2D eigenvalue weighted by Gasteiger charge is -2.41. The Morgan fingerprint density at radius 3 is 1.52 bits per heavy atom. The molecule has 5 heteroatoms. The van der Waals surface area contributed by atoms with E-state index in [1.165, 1.54) is 0 Å². The highest BCUT2D eigenvalue weighted by atomic mass is 16.5. The van der Waals surface area contributed by atoms with Gasteiger partial charge < -0.3 is 4.74 Å². The lowest BCUT2D eigenvalue weighted by atomic mass is 9.63. The van der Waals surface area contributed by atoms with Crippen LogP contribution >= 0.6 is 0 Å². The zero-order valence-electron chi connectivity index (χ0n) is 31.3. The molecule has 1 aliphatic rings. The average molecular weight is 743 g/mol. The first kappa shape index (κ1) is 34.5. The van der Waals surface area contributed by atoms with E-state index in [0.29, 0.717) is 23.0 Å². The lowest BCUT2D eigenvalue weighted by Crippen LogP contribution is -2.34. The molecule has 0 fully saturated rings. The summed E-state index contributed by atoms with van der Waals surface area (Å²) in [6, 6.07) is 72.6. The van der Waals surface area contributed by atoms with Crippen molar-refractivity contribution in [1.82, 2.24) is 15.0 Å². The number of hydrogen-bond donors (Lipinski definition) is 0. The standard InChI is InChI=1S/C53H34N4O/c54-35-36-24-26-37(27-25-36)38-28-30-40(31-29-38)50-55-51(57-52(56-50)45-21-11-10-20-44(45)39-14-4-1-5-15-39)41-32-33-49-47(34-41)53(42-16-6-2-7-17-42,43-18-8-3-9-19-43)46-22-12-13-23-48(46)58-49/h1-34H. The van der Waals surface area contributed by atoms with Crippen LogP contribution in [0.3, 0.4) is 0 Å². The molecule has 0 spiro atoms. The van der Waals surface area contributed by atoms with Crippen LogP contribution in [0.25, 0.3) is 56.4 Å². The predicted molar refractivity (Wildman–Crippen MR) is 230 cm³/mol. The minimum absolute atomic E-state index is 0.552. The number of ether oxygens (including phenoxy) is 1. The summed E-state index contributed by atoms with van der Waals surface area (Å²) in [6.07, 6.45) is 0. The molecule has 0 bridgehead atoms.